The predicted octanol–water partition coefficient (Wildman–Crippen LogP) is -0.951. The van der Waals surface area contributed by atoms with E-state index < -0.39 is 17.0 Å². The van der Waals surface area contributed by atoms with E-state index >= 15 is 0 Å². The average molecular weight is 289 g/mol. The van der Waals surface area contributed by atoms with Gasteiger partial charge in [-0.15, -0.1) is 0 Å². The van der Waals surface area contributed by atoms with Crippen LogP contribution in [0.2, 0.25) is 0 Å². The Morgan fingerprint density at radius 1 is 1.47 bits per heavy atom. The number of nitrogens with zero attached hydrogens (tertiary/aromatic N) is 4. The van der Waals surface area contributed by atoms with Crippen LogP contribution < -0.4 is 5.43 Å². The maximum absolute atomic E-state index is 10.3. The third-order valence-electron chi connectivity index (χ3n) is 2.16. The van der Waals surface area contributed by atoms with Crippen molar-refractivity contribution >= 4 is 17.0 Å². The fourth-order valence-electron chi connectivity index (χ4n) is 1.31. The van der Waals surface area contributed by atoms with Gasteiger partial charge in [-0.3, -0.25) is 5.43 Å². The lowest BCUT2D eigenvalue weighted by atomic mass is 10.3. The van der Waals surface area contributed by atoms with Crippen LogP contribution in [0.1, 0.15) is 11.3 Å². The zero-order valence-corrected chi connectivity index (χ0v) is 11.4. The van der Waals surface area contributed by atoms with Crippen molar-refractivity contribution in [2.75, 3.05) is 14.1 Å². The highest BCUT2D eigenvalue weighted by Crippen LogP contribution is 2.16. The van der Waals surface area contributed by atoms with Gasteiger partial charge < -0.3 is 5.11 Å². The number of hydrogen-bond donors (Lipinski definition) is 3. The van der Waals surface area contributed by atoms with Gasteiger partial charge in [0.1, 0.15) is 6.33 Å². The van der Waals surface area contributed by atoms with Crippen molar-refractivity contribution in [2.45, 2.75) is 13.1 Å². The molecule has 0 saturated carbocycles. The van der Waals surface area contributed by atoms with E-state index in [2.05, 4.69) is 15.4 Å². The molecule has 1 aliphatic rings. The molecular formula is C9H15N5O4S. The summed E-state index contributed by atoms with van der Waals surface area (Å²) in [6, 6.07) is 0. The minimum Gasteiger partial charge on any atom is -0.464 e. The maximum Gasteiger partial charge on any atom is 0.419 e. The van der Waals surface area contributed by atoms with Crippen LogP contribution in [0, 0.1) is 0 Å². The summed E-state index contributed by atoms with van der Waals surface area (Å²) in [7, 11) is 0.630. The molecule has 9 nitrogen and oxygen atoms in total. The van der Waals surface area contributed by atoms with Crippen LogP contribution >= 0.6 is 0 Å². The smallest absolute Gasteiger partial charge is 0.419 e. The minimum atomic E-state index is -2.33. The number of nitrogens with one attached hydrogen (secondary N) is 1. The first-order chi connectivity index (χ1) is 8.90. The van der Waals surface area contributed by atoms with Crippen molar-refractivity contribution < 1.29 is 18.3 Å². The number of rotatable bonds is 2. The minimum absolute atomic E-state index is 0.504. The Morgan fingerprint density at radius 3 is 2.58 bits per heavy atom. The van der Waals surface area contributed by atoms with E-state index in [0.29, 0.717) is 13.1 Å². The molecule has 2 N–H and O–H groups in total. The van der Waals surface area contributed by atoms with Crippen molar-refractivity contribution in [3.63, 3.8) is 0 Å². The standard InChI is InChI=1S/C7H8N4O2.C2H7NO2S/c12-7(13)10-11-2-5-1-8-4-9-6(5)3-11;1-3(2)6(4)5/h1,4,10H,2-3H2,(H,12,13);6H,1-2H3. The highest BCUT2D eigenvalue weighted by Gasteiger charge is 2.20. The van der Waals surface area contributed by atoms with Gasteiger partial charge in [0.25, 0.3) is 0 Å². The first-order valence-electron chi connectivity index (χ1n) is 5.24. The van der Waals surface area contributed by atoms with E-state index in [1.54, 1.807) is 11.2 Å². The molecule has 0 bridgehead atoms. The Balaban J connectivity index is 0.000000258. The molecule has 0 fully saturated rings. The number of aromatic nitrogens is 2. The molecule has 10 heteroatoms. The molecular weight excluding hydrogens is 274 g/mol. The third-order valence-corrected chi connectivity index (χ3v) is 2.82. The van der Waals surface area contributed by atoms with Crippen LogP contribution in [0.25, 0.3) is 0 Å². The second kappa shape index (κ2) is 6.97. The maximum atomic E-state index is 10.3. The first-order valence-corrected chi connectivity index (χ1v) is 6.37. The molecule has 0 aliphatic carbocycles. The fraction of sp³-hybridized carbons (Fsp3) is 0.444. The van der Waals surface area contributed by atoms with E-state index in [4.69, 9.17) is 5.11 Å². The van der Waals surface area contributed by atoms with Gasteiger partial charge >= 0.3 is 6.09 Å². The summed E-state index contributed by atoms with van der Waals surface area (Å²) in [6.45, 7) is 1.03. The number of hydrogen-bond acceptors (Lipinski definition) is 6. The summed E-state index contributed by atoms with van der Waals surface area (Å²) < 4.78 is 20.4. The van der Waals surface area contributed by atoms with Crippen LogP contribution in [0.15, 0.2) is 12.5 Å². The molecule has 1 aromatic rings. The number of fused-ring (bicyclic) bond motifs is 1. The highest BCUT2D eigenvalue weighted by molar-refractivity contribution is 7.69. The number of hydrazine groups is 1. The van der Waals surface area contributed by atoms with E-state index in [9.17, 15) is 13.2 Å². The molecule has 0 spiro atoms. The number of amides is 1. The number of thiol groups is 1. The predicted molar refractivity (Wildman–Crippen MR) is 66.4 cm³/mol. The normalized spacial score (nSPS) is 13.9. The SMILES string of the molecule is CN(C)[SH](=O)=O.O=C(O)NN1Cc2cncnc2C1. The Hall–Kier alpha value is -1.78. The second-order valence-electron chi connectivity index (χ2n) is 3.85. The largest absolute Gasteiger partial charge is 0.464 e. The molecule has 0 aromatic carbocycles. The molecule has 2 rings (SSSR count). The molecule has 1 aromatic heterocycles. The Bertz CT molecular complexity index is 486. The lowest BCUT2D eigenvalue weighted by molar-refractivity contribution is 0.138. The molecule has 0 saturated heterocycles. The van der Waals surface area contributed by atoms with Gasteiger partial charge in [-0.25, -0.2) is 32.5 Å². The van der Waals surface area contributed by atoms with Gasteiger partial charge in [0.15, 0.2) is 0 Å². The summed E-state index contributed by atoms with van der Waals surface area (Å²) in [5.74, 6) is 0. The van der Waals surface area contributed by atoms with Gasteiger partial charge in [-0.1, -0.05) is 0 Å². The third kappa shape index (κ3) is 5.16. The van der Waals surface area contributed by atoms with Gasteiger partial charge in [-0.2, -0.15) is 0 Å². The highest BCUT2D eigenvalue weighted by atomic mass is 32.2. The lowest BCUT2D eigenvalue weighted by Crippen LogP contribution is -2.37. The summed E-state index contributed by atoms with van der Waals surface area (Å²) in [5, 5.41) is 10.0. The van der Waals surface area contributed by atoms with Gasteiger partial charge in [0.2, 0.25) is 10.9 Å². The van der Waals surface area contributed by atoms with Crippen LogP contribution in [0.4, 0.5) is 4.79 Å². The number of carboxylic acid groups (broad SMARTS) is 1. The van der Waals surface area contributed by atoms with Gasteiger partial charge in [0.05, 0.1) is 12.2 Å². The lowest BCUT2D eigenvalue weighted by Gasteiger charge is -2.12. The molecule has 0 radical (unpaired) electrons. The zero-order valence-electron chi connectivity index (χ0n) is 10.5. The molecule has 1 aliphatic heterocycles. The fourth-order valence-corrected chi connectivity index (χ4v) is 1.31. The molecule has 2 heterocycles. The van der Waals surface area contributed by atoms with Crippen LogP contribution in [-0.2, 0) is 24.0 Å². The molecule has 106 valence electrons. The number of carbonyl (C=O) groups is 1. The monoisotopic (exact) mass is 289 g/mol. The van der Waals surface area contributed by atoms with E-state index in [0.717, 1.165) is 15.6 Å². The first kappa shape index (κ1) is 15.3. The topological polar surface area (TPSA) is 116 Å². The van der Waals surface area contributed by atoms with E-state index in [1.165, 1.54) is 20.4 Å². The summed E-state index contributed by atoms with van der Waals surface area (Å²) >= 11 is 0. The molecule has 19 heavy (non-hydrogen) atoms. The Kier molecular flexibility index (Phi) is 5.60. The molecule has 0 atom stereocenters. The van der Waals surface area contributed by atoms with E-state index in [1.807, 2.05) is 0 Å². The van der Waals surface area contributed by atoms with Gasteiger partial charge in [0, 0.05) is 32.4 Å². The summed E-state index contributed by atoms with van der Waals surface area (Å²) in [5.41, 5.74) is 4.12. The quantitative estimate of drug-likeness (QED) is 0.601. The van der Waals surface area contributed by atoms with Crippen molar-refractivity contribution in [3.05, 3.63) is 23.8 Å². The molecule has 1 amide bonds. The van der Waals surface area contributed by atoms with Crippen LogP contribution in [0.3, 0.4) is 0 Å². The molecule has 0 unspecified atom stereocenters. The second-order valence-corrected chi connectivity index (χ2v) is 5.13. The summed E-state index contributed by atoms with van der Waals surface area (Å²) in [6.07, 6.45) is 2.11. The van der Waals surface area contributed by atoms with Crippen molar-refractivity contribution in [3.8, 4) is 0 Å². The van der Waals surface area contributed by atoms with E-state index in [-0.39, 0.29) is 0 Å². The van der Waals surface area contributed by atoms with Gasteiger partial charge in [-0.05, 0) is 0 Å². The average Bonchev–Trinajstić information content (AvgIpc) is 2.70. The Labute approximate surface area is 111 Å². The van der Waals surface area contributed by atoms with Crippen molar-refractivity contribution in [1.29, 1.82) is 0 Å². The Morgan fingerprint density at radius 2 is 2.11 bits per heavy atom. The van der Waals surface area contributed by atoms with Crippen LogP contribution in [0.5, 0.6) is 0 Å². The van der Waals surface area contributed by atoms with Crippen molar-refractivity contribution in [1.82, 2.24) is 24.7 Å². The van der Waals surface area contributed by atoms with Crippen LogP contribution in [-0.4, -0.2) is 53.0 Å². The zero-order chi connectivity index (χ0) is 14.4. The van der Waals surface area contributed by atoms with Crippen molar-refractivity contribution in [2.24, 2.45) is 0 Å². The summed E-state index contributed by atoms with van der Waals surface area (Å²) in [4.78, 5) is 18.2.